The molecule has 29 heavy (non-hydrogen) atoms. The summed E-state index contributed by atoms with van der Waals surface area (Å²) in [5, 5.41) is 2.77. The summed E-state index contributed by atoms with van der Waals surface area (Å²) in [6.45, 7) is 5.03. The van der Waals surface area contributed by atoms with E-state index < -0.39 is 18.0 Å². The van der Waals surface area contributed by atoms with Crippen LogP contribution in [-0.4, -0.2) is 30.0 Å². The molecule has 2 aromatic rings. The van der Waals surface area contributed by atoms with Crippen LogP contribution in [0.25, 0.3) is 0 Å². The summed E-state index contributed by atoms with van der Waals surface area (Å²) in [5.41, 5.74) is 0.963. The Bertz CT molecular complexity index is 880. The third-order valence-corrected chi connectivity index (χ3v) is 4.16. The van der Waals surface area contributed by atoms with E-state index in [0.29, 0.717) is 16.8 Å². The number of nitrogens with one attached hydrogen (secondary N) is 1. The second-order valence-corrected chi connectivity index (χ2v) is 7.65. The van der Waals surface area contributed by atoms with Crippen molar-refractivity contribution in [1.29, 1.82) is 0 Å². The molecule has 0 spiro atoms. The fourth-order valence-electron chi connectivity index (χ4n) is 2.34. The lowest BCUT2D eigenvalue weighted by atomic mass is 9.95. The van der Waals surface area contributed by atoms with Crippen LogP contribution in [0.5, 0.6) is 0 Å². The zero-order valence-electron chi connectivity index (χ0n) is 16.9. The van der Waals surface area contributed by atoms with Gasteiger partial charge in [0.25, 0.3) is 0 Å². The average Bonchev–Trinajstić information content (AvgIpc) is 2.70. The van der Waals surface area contributed by atoms with Crippen molar-refractivity contribution >= 4 is 29.1 Å². The zero-order valence-corrected chi connectivity index (χ0v) is 16.9. The third-order valence-electron chi connectivity index (χ3n) is 4.16. The van der Waals surface area contributed by atoms with E-state index >= 15 is 0 Å². The normalized spacial score (nSPS) is 10.9. The highest BCUT2D eigenvalue weighted by Crippen LogP contribution is 2.18. The van der Waals surface area contributed by atoms with Gasteiger partial charge in [-0.15, -0.1) is 0 Å². The van der Waals surface area contributed by atoms with Gasteiger partial charge in [-0.1, -0.05) is 51.1 Å². The molecule has 1 amide bonds. The van der Waals surface area contributed by atoms with E-state index in [4.69, 9.17) is 4.74 Å². The van der Waals surface area contributed by atoms with Crippen LogP contribution in [0.15, 0.2) is 54.6 Å². The fourth-order valence-corrected chi connectivity index (χ4v) is 2.34. The summed E-state index contributed by atoms with van der Waals surface area (Å²) >= 11 is 0. The van der Waals surface area contributed by atoms with Crippen molar-refractivity contribution in [1.82, 2.24) is 0 Å². The van der Waals surface area contributed by atoms with Gasteiger partial charge in [-0.05, 0) is 24.3 Å². The minimum atomic E-state index is -0.600. The van der Waals surface area contributed by atoms with E-state index in [-0.39, 0.29) is 30.3 Å². The molecule has 2 aromatic carbocycles. The fraction of sp³-hybridized carbons (Fsp3) is 0.304. The lowest BCUT2D eigenvalue weighted by Crippen LogP contribution is -2.27. The van der Waals surface area contributed by atoms with Gasteiger partial charge in [0.2, 0.25) is 5.91 Å². The number of amides is 1. The van der Waals surface area contributed by atoms with Gasteiger partial charge >= 0.3 is 5.97 Å². The molecule has 0 radical (unpaired) electrons. The largest absolute Gasteiger partial charge is 0.457 e. The summed E-state index contributed by atoms with van der Waals surface area (Å²) in [6.07, 6.45) is -0.0576. The van der Waals surface area contributed by atoms with Gasteiger partial charge < -0.3 is 10.1 Å². The van der Waals surface area contributed by atoms with Crippen molar-refractivity contribution < 1.29 is 23.9 Å². The van der Waals surface area contributed by atoms with Crippen LogP contribution in [0.4, 0.5) is 5.69 Å². The first kappa shape index (κ1) is 22.0. The highest BCUT2D eigenvalue weighted by Gasteiger charge is 2.21. The number of anilines is 1. The molecule has 0 fully saturated rings. The van der Waals surface area contributed by atoms with Crippen LogP contribution < -0.4 is 5.32 Å². The molecule has 2 rings (SSSR count). The van der Waals surface area contributed by atoms with Crippen molar-refractivity contribution in [3.63, 3.8) is 0 Å². The number of carbonyl (C=O) groups excluding carboxylic acids is 4. The van der Waals surface area contributed by atoms with Crippen LogP contribution >= 0.6 is 0 Å². The molecule has 0 aliphatic carbocycles. The van der Waals surface area contributed by atoms with Crippen LogP contribution in [-0.2, 0) is 14.3 Å². The SMILES string of the molecule is CC(C)(C)C(=O)Nc1ccc(C(=O)COC(=O)CCC(=O)c2ccccc2)cc1. The van der Waals surface area contributed by atoms with Crippen molar-refractivity contribution in [3.8, 4) is 0 Å². The number of carbonyl (C=O) groups is 4. The Morgan fingerprint density at radius 2 is 1.38 bits per heavy atom. The Morgan fingerprint density at radius 1 is 0.793 bits per heavy atom. The van der Waals surface area contributed by atoms with E-state index in [1.807, 2.05) is 26.8 Å². The molecule has 152 valence electrons. The second-order valence-electron chi connectivity index (χ2n) is 7.65. The van der Waals surface area contributed by atoms with E-state index in [1.165, 1.54) is 0 Å². The summed E-state index contributed by atoms with van der Waals surface area (Å²) in [7, 11) is 0. The number of rotatable bonds is 8. The molecule has 6 nitrogen and oxygen atoms in total. The van der Waals surface area contributed by atoms with Gasteiger partial charge in [0.1, 0.15) is 0 Å². The molecule has 1 N–H and O–H groups in total. The van der Waals surface area contributed by atoms with E-state index in [1.54, 1.807) is 48.5 Å². The second kappa shape index (κ2) is 9.78. The molecule has 0 aromatic heterocycles. The van der Waals surface area contributed by atoms with E-state index in [2.05, 4.69) is 5.32 Å². The van der Waals surface area contributed by atoms with Crippen LogP contribution in [0.1, 0.15) is 54.3 Å². The van der Waals surface area contributed by atoms with Gasteiger partial charge in [-0.3, -0.25) is 19.2 Å². The molecule has 0 aliphatic heterocycles. The number of benzene rings is 2. The minimum Gasteiger partial charge on any atom is -0.457 e. The van der Waals surface area contributed by atoms with Gasteiger partial charge in [0, 0.05) is 28.7 Å². The van der Waals surface area contributed by atoms with Crippen molar-refractivity contribution in [2.75, 3.05) is 11.9 Å². The highest BCUT2D eigenvalue weighted by atomic mass is 16.5. The Hall–Kier alpha value is -3.28. The van der Waals surface area contributed by atoms with Gasteiger partial charge in [-0.2, -0.15) is 0 Å². The molecule has 0 saturated heterocycles. The van der Waals surface area contributed by atoms with Gasteiger partial charge in [0.05, 0.1) is 6.42 Å². The number of esters is 1. The first-order valence-corrected chi connectivity index (χ1v) is 9.35. The maximum Gasteiger partial charge on any atom is 0.306 e. The molecular weight excluding hydrogens is 370 g/mol. The highest BCUT2D eigenvalue weighted by molar-refractivity contribution is 6.00. The molecular formula is C23H25NO5. The molecule has 0 aliphatic rings. The number of ether oxygens (including phenoxy) is 1. The molecule has 6 heteroatoms. The summed E-state index contributed by atoms with van der Waals surface area (Å²) < 4.78 is 4.97. The first-order chi connectivity index (χ1) is 13.7. The smallest absolute Gasteiger partial charge is 0.306 e. The zero-order chi connectivity index (χ0) is 21.4. The van der Waals surface area contributed by atoms with Crippen LogP contribution in [0, 0.1) is 5.41 Å². The standard InChI is InChI=1S/C23H25NO5/c1-23(2,3)22(28)24-18-11-9-17(10-12-18)20(26)15-29-21(27)14-13-19(25)16-7-5-4-6-8-16/h4-12H,13-15H2,1-3H3,(H,24,28). The molecule has 0 saturated carbocycles. The topological polar surface area (TPSA) is 89.5 Å². The van der Waals surface area contributed by atoms with Gasteiger partial charge in [-0.25, -0.2) is 0 Å². The molecule has 0 atom stereocenters. The van der Waals surface area contributed by atoms with Crippen LogP contribution in [0.3, 0.4) is 0 Å². The quantitative estimate of drug-likeness (QED) is 0.538. The maximum atomic E-state index is 12.2. The van der Waals surface area contributed by atoms with Gasteiger partial charge in [0.15, 0.2) is 18.2 Å². The Labute approximate surface area is 170 Å². The molecule has 0 bridgehead atoms. The van der Waals surface area contributed by atoms with E-state index in [9.17, 15) is 19.2 Å². The summed E-state index contributed by atoms with van der Waals surface area (Å²) in [5.74, 6) is -1.24. The number of Topliss-reactive ketones (excluding diaryl/α,β-unsaturated/α-hetero) is 2. The first-order valence-electron chi connectivity index (χ1n) is 9.35. The van der Waals surface area contributed by atoms with Crippen molar-refractivity contribution in [3.05, 3.63) is 65.7 Å². The van der Waals surface area contributed by atoms with Crippen molar-refractivity contribution in [2.24, 2.45) is 5.41 Å². The Morgan fingerprint density at radius 3 is 1.97 bits per heavy atom. The average molecular weight is 395 g/mol. The Balaban J connectivity index is 1.79. The van der Waals surface area contributed by atoms with Crippen LogP contribution in [0.2, 0.25) is 0 Å². The molecule has 0 unspecified atom stereocenters. The minimum absolute atomic E-state index is 0.0270. The summed E-state index contributed by atoms with van der Waals surface area (Å²) in [6, 6.07) is 15.1. The monoisotopic (exact) mass is 395 g/mol. The predicted octanol–water partition coefficient (Wildman–Crippen LogP) is 4.06. The predicted molar refractivity (Wildman–Crippen MR) is 110 cm³/mol. The lowest BCUT2D eigenvalue weighted by Gasteiger charge is -2.17. The lowest BCUT2D eigenvalue weighted by molar-refractivity contribution is -0.142. The van der Waals surface area contributed by atoms with Crippen molar-refractivity contribution in [2.45, 2.75) is 33.6 Å². The number of hydrogen-bond acceptors (Lipinski definition) is 5. The third kappa shape index (κ3) is 6.99. The molecule has 0 heterocycles. The summed E-state index contributed by atoms with van der Waals surface area (Å²) in [4.78, 5) is 47.9. The maximum absolute atomic E-state index is 12.2. The Kier molecular flexibility index (Phi) is 7.42. The number of hydrogen-bond donors (Lipinski definition) is 1. The van der Waals surface area contributed by atoms with E-state index in [0.717, 1.165) is 0 Å². The number of ketones is 2.